The molecule has 154 valence electrons. The van der Waals surface area contributed by atoms with Crippen LogP contribution in [0.2, 0.25) is 0 Å². The molecule has 0 saturated carbocycles. The van der Waals surface area contributed by atoms with Crippen LogP contribution in [0.1, 0.15) is 18.1 Å². The molecule has 1 heterocycles. The summed E-state index contributed by atoms with van der Waals surface area (Å²) in [5.74, 6) is -2.09. The quantitative estimate of drug-likeness (QED) is 0.235. The average molecular weight is 486 g/mol. The molecule has 31 heavy (non-hydrogen) atoms. The van der Waals surface area contributed by atoms with E-state index in [0.717, 1.165) is 28.8 Å². The topological polar surface area (TPSA) is 205 Å². The monoisotopic (exact) mass is 486 g/mol. The zero-order valence-electron chi connectivity index (χ0n) is 16.6. The number of pyridine rings is 1. The molecule has 16 heteroatoms. The molecule has 0 spiro atoms. The molecule has 0 saturated heterocycles. The molecular weight excluding hydrogens is 474 g/mol. The second-order valence-corrected chi connectivity index (χ2v) is 8.32. The molecule has 0 bridgehead atoms. The molecule has 1 N–H and O–H groups in total. The van der Waals surface area contributed by atoms with Gasteiger partial charge in [0.15, 0.2) is 5.69 Å². The zero-order chi connectivity index (χ0) is 22.0. The molecule has 0 atom stereocenters. The van der Waals surface area contributed by atoms with E-state index in [-0.39, 0.29) is 71.3 Å². The summed E-state index contributed by atoms with van der Waals surface area (Å²) in [6.07, 6.45) is 0. The first-order valence-corrected chi connectivity index (χ1v) is 10.7. The molecule has 2 rings (SSSR count). The average Bonchev–Trinajstić information content (AvgIpc) is 2.60. The first-order chi connectivity index (χ1) is 13.4. The standard InChI is InChI=1S/C15H14N4O8S2.2Na/c1-2-19-14(20)11(7-16)12(8-28(22,23)24)13(15(19)21)18-17-9-3-5-10(6-4-9)29(25,26)27;;/h3-6,21H,2,8H2,1H3,(H,22,23,24)(H,25,26,27);;/q;2*+1/p-2. The van der Waals surface area contributed by atoms with Crippen LogP contribution in [0.25, 0.3) is 0 Å². The van der Waals surface area contributed by atoms with Gasteiger partial charge in [-0.15, -0.1) is 5.11 Å². The SMILES string of the molecule is CCn1c(O)c(N=Nc2ccc(S(=O)(=O)[O-])cc2)c(CS(=O)(=O)[O-])c(C#N)c1=O.[Na+].[Na+]. The summed E-state index contributed by atoms with van der Waals surface area (Å²) < 4.78 is 67.1. The van der Waals surface area contributed by atoms with Crippen molar-refractivity contribution in [3.8, 4) is 11.9 Å². The van der Waals surface area contributed by atoms with Gasteiger partial charge in [0.25, 0.3) is 5.56 Å². The van der Waals surface area contributed by atoms with E-state index in [4.69, 9.17) is 0 Å². The van der Waals surface area contributed by atoms with Crippen LogP contribution in [0.3, 0.4) is 0 Å². The van der Waals surface area contributed by atoms with Gasteiger partial charge in [0.1, 0.15) is 21.8 Å². The Kier molecular flexibility index (Phi) is 11.2. The number of hydrogen-bond donors (Lipinski definition) is 1. The van der Waals surface area contributed by atoms with Crippen molar-refractivity contribution in [3.63, 3.8) is 0 Å². The van der Waals surface area contributed by atoms with Crippen molar-refractivity contribution in [3.05, 3.63) is 45.7 Å². The molecule has 0 aliphatic heterocycles. The maximum Gasteiger partial charge on any atom is 1.00 e. The molecule has 0 fully saturated rings. The summed E-state index contributed by atoms with van der Waals surface area (Å²) in [7, 11) is -9.63. The number of aromatic nitrogens is 1. The molecule has 12 nitrogen and oxygen atoms in total. The Morgan fingerprint density at radius 2 is 1.65 bits per heavy atom. The summed E-state index contributed by atoms with van der Waals surface area (Å²) in [6, 6.07) is 5.62. The normalized spacial score (nSPS) is 11.4. The van der Waals surface area contributed by atoms with E-state index in [1.807, 2.05) is 0 Å². The van der Waals surface area contributed by atoms with Crippen molar-refractivity contribution in [2.45, 2.75) is 24.1 Å². The number of hydrogen-bond acceptors (Lipinski definition) is 11. The van der Waals surface area contributed by atoms with Crippen molar-refractivity contribution in [2.24, 2.45) is 10.2 Å². The van der Waals surface area contributed by atoms with Gasteiger partial charge in [-0.1, -0.05) is 0 Å². The molecule has 2 aromatic rings. The molecule has 1 aromatic carbocycles. The molecule has 0 unspecified atom stereocenters. The van der Waals surface area contributed by atoms with Gasteiger partial charge in [0.05, 0.1) is 26.5 Å². The van der Waals surface area contributed by atoms with E-state index in [9.17, 15) is 41.1 Å². The van der Waals surface area contributed by atoms with Gasteiger partial charge < -0.3 is 14.2 Å². The van der Waals surface area contributed by atoms with E-state index < -0.39 is 59.1 Å². The van der Waals surface area contributed by atoms with Crippen molar-refractivity contribution in [1.82, 2.24) is 4.57 Å². The van der Waals surface area contributed by atoms with Gasteiger partial charge in [-0.2, -0.15) is 10.4 Å². The number of nitriles is 1. The molecule has 0 radical (unpaired) electrons. The Bertz CT molecular complexity index is 1300. The van der Waals surface area contributed by atoms with Gasteiger partial charge in [0, 0.05) is 12.1 Å². The third-order valence-corrected chi connectivity index (χ3v) is 5.15. The van der Waals surface area contributed by atoms with Crippen LogP contribution in [0.4, 0.5) is 11.4 Å². The van der Waals surface area contributed by atoms with Crippen molar-refractivity contribution in [2.75, 3.05) is 0 Å². The summed E-state index contributed by atoms with van der Waals surface area (Å²) in [5.41, 5.74) is -2.89. The number of rotatable bonds is 6. The molecule has 0 amide bonds. The van der Waals surface area contributed by atoms with Crippen LogP contribution in [0, 0.1) is 11.3 Å². The van der Waals surface area contributed by atoms with Crippen LogP contribution in [0.5, 0.6) is 5.88 Å². The van der Waals surface area contributed by atoms with Gasteiger partial charge in [0.2, 0.25) is 5.88 Å². The second-order valence-electron chi connectivity index (χ2n) is 5.54. The Morgan fingerprint density at radius 1 is 1.10 bits per heavy atom. The fourth-order valence-electron chi connectivity index (χ4n) is 2.36. The van der Waals surface area contributed by atoms with Gasteiger partial charge in [-0.3, -0.25) is 9.36 Å². The van der Waals surface area contributed by atoms with Crippen molar-refractivity contribution in [1.29, 1.82) is 5.26 Å². The smallest absolute Gasteiger partial charge is 0.748 e. The van der Waals surface area contributed by atoms with E-state index >= 15 is 0 Å². The molecule has 1 aromatic heterocycles. The Balaban J connectivity index is 0.00000450. The van der Waals surface area contributed by atoms with Gasteiger partial charge >= 0.3 is 59.1 Å². The van der Waals surface area contributed by atoms with Crippen molar-refractivity contribution < 1.29 is 90.2 Å². The Hall–Kier alpha value is -1.12. The third-order valence-electron chi connectivity index (χ3n) is 3.65. The van der Waals surface area contributed by atoms with Crippen LogP contribution in [0.15, 0.2) is 44.2 Å². The van der Waals surface area contributed by atoms with Crippen LogP contribution < -0.4 is 64.7 Å². The van der Waals surface area contributed by atoms with E-state index in [1.54, 1.807) is 0 Å². The summed E-state index contributed by atoms with van der Waals surface area (Å²) in [6.45, 7) is 1.37. The van der Waals surface area contributed by atoms with Crippen LogP contribution >= 0.6 is 0 Å². The summed E-state index contributed by atoms with van der Waals surface area (Å²) in [5, 5.41) is 26.8. The first-order valence-electron chi connectivity index (χ1n) is 7.69. The van der Waals surface area contributed by atoms with Crippen LogP contribution in [-0.2, 0) is 32.5 Å². The number of benzene rings is 1. The number of azo groups is 1. The maximum atomic E-state index is 12.2. The zero-order valence-corrected chi connectivity index (χ0v) is 22.3. The fourth-order valence-corrected chi connectivity index (χ4v) is 3.46. The van der Waals surface area contributed by atoms with Crippen LogP contribution in [-0.4, -0.2) is 35.6 Å². The third kappa shape index (κ3) is 7.46. The number of aromatic hydroxyl groups is 1. The van der Waals surface area contributed by atoms with E-state index in [2.05, 4.69) is 10.2 Å². The molecule has 0 aliphatic carbocycles. The minimum atomic E-state index is -4.95. The number of nitrogens with zero attached hydrogens (tertiary/aromatic N) is 4. The molecular formula is C15H12N4Na2O8S2. The summed E-state index contributed by atoms with van der Waals surface area (Å²) in [4.78, 5) is 11.7. The molecule has 0 aliphatic rings. The largest absolute Gasteiger partial charge is 1.00 e. The van der Waals surface area contributed by atoms with Crippen molar-refractivity contribution >= 4 is 31.6 Å². The predicted octanol–water partition coefficient (Wildman–Crippen LogP) is -5.18. The van der Waals surface area contributed by atoms with E-state index in [1.165, 1.54) is 13.0 Å². The maximum absolute atomic E-state index is 12.2. The first kappa shape index (κ1) is 29.9. The predicted molar refractivity (Wildman–Crippen MR) is 94.7 cm³/mol. The van der Waals surface area contributed by atoms with Gasteiger partial charge in [-0.25, -0.2) is 16.8 Å². The Labute approximate surface area is 221 Å². The summed E-state index contributed by atoms with van der Waals surface area (Å²) >= 11 is 0. The Morgan fingerprint density at radius 3 is 2.06 bits per heavy atom. The minimum absolute atomic E-state index is 0. The van der Waals surface area contributed by atoms with E-state index in [0.29, 0.717) is 0 Å². The second kappa shape index (κ2) is 11.7. The van der Waals surface area contributed by atoms with Gasteiger partial charge in [-0.05, 0) is 31.2 Å². The fraction of sp³-hybridized carbons (Fsp3) is 0.200. The minimum Gasteiger partial charge on any atom is -0.748 e.